The van der Waals surface area contributed by atoms with Gasteiger partial charge in [-0.1, -0.05) is 0 Å². The summed E-state index contributed by atoms with van der Waals surface area (Å²) < 4.78 is 53.0. The minimum Gasteiger partial charge on any atom is -0.406 e. The third-order valence-electron chi connectivity index (χ3n) is 2.13. The van der Waals surface area contributed by atoms with Crippen LogP contribution in [0, 0.1) is 5.82 Å². The molecular formula is C11H5F4NO3S. The van der Waals surface area contributed by atoms with Gasteiger partial charge in [0.1, 0.15) is 11.6 Å². The number of carbonyl (C=O) groups excluding carboxylic acids is 2. The summed E-state index contributed by atoms with van der Waals surface area (Å²) in [7, 11) is 0. The van der Waals surface area contributed by atoms with Crippen molar-refractivity contribution < 1.29 is 31.9 Å². The van der Waals surface area contributed by atoms with E-state index in [9.17, 15) is 27.2 Å². The predicted molar refractivity (Wildman–Crippen MR) is 62.2 cm³/mol. The SMILES string of the molecule is O=C1NC(=O)/C(=C\c2ccc(OC(F)(F)F)cc2F)S1. The van der Waals surface area contributed by atoms with Crippen LogP contribution in [0.5, 0.6) is 5.75 Å². The number of nitrogens with one attached hydrogen (secondary N) is 1. The Morgan fingerprint density at radius 3 is 2.45 bits per heavy atom. The maximum Gasteiger partial charge on any atom is 0.573 e. The van der Waals surface area contributed by atoms with Crippen LogP contribution >= 0.6 is 11.8 Å². The van der Waals surface area contributed by atoms with E-state index in [0.717, 1.165) is 18.2 Å². The summed E-state index contributed by atoms with van der Waals surface area (Å²) in [6.07, 6.45) is -3.85. The number of rotatable bonds is 2. The highest BCUT2D eigenvalue weighted by Crippen LogP contribution is 2.29. The standard InChI is InChI=1S/C11H5F4NO3S/c12-7-4-6(19-11(13,14)15)2-1-5(7)3-8-9(17)16-10(18)20-8/h1-4H,(H,16,17,18)/b8-3+. The molecule has 4 nitrogen and oxygen atoms in total. The van der Waals surface area contributed by atoms with Crippen LogP contribution in [0.3, 0.4) is 0 Å². The number of alkyl halides is 3. The maximum absolute atomic E-state index is 13.6. The summed E-state index contributed by atoms with van der Waals surface area (Å²) in [5.74, 6) is -2.40. The Hall–Kier alpha value is -2.03. The van der Waals surface area contributed by atoms with Crippen molar-refractivity contribution in [1.29, 1.82) is 0 Å². The van der Waals surface area contributed by atoms with Crippen molar-refractivity contribution in [2.75, 3.05) is 0 Å². The van der Waals surface area contributed by atoms with Gasteiger partial charge in [0.05, 0.1) is 4.91 Å². The number of hydrogen-bond donors (Lipinski definition) is 1. The first-order valence-corrected chi connectivity index (χ1v) is 5.86. The second-order valence-electron chi connectivity index (χ2n) is 3.58. The monoisotopic (exact) mass is 307 g/mol. The van der Waals surface area contributed by atoms with Crippen LogP contribution < -0.4 is 10.1 Å². The van der Waals surface area contributed by atoms with Crippen molar-refractivity contribution >= 4 is 29.0 Å². The number of carbonyl (C=O) groups is 2. The molecule has 0 spiro atoms. The van der Waals surface area contributed by atoms with Crippen molar-refractivity contribution in [3.8, 4) is 5.75 Å². The normalized spacial score (nSPS) is 17.5. The van der Waals surface area contributed by atoms with Gasteiger partial charge in [-0.3, -0.25) is 14.9 Å². The van der Waals surface area contributed by atoms with E-state index < -0.39 is 29.1 Å². The Balaban J connectivity index is 2.25. The molecule has 1 aromatic rings. The van der Waals surface area contributed by atoms with Crippen LogP contribution in [-0.4, -0.2) is 17.5 Å². The Bertz CT molecular complexity index is 612. The Labute approximate surface area is 113 Å². The highest BCUT2D eigenvalue weighted by molar-refractivity contribution is 8.18. The lowest BCUT2D eigenvalue weighted by molar-refractivity contribution is -0.274. The predicted octanol–water partition coefficient (Wildman–Crippen LogP) is 3.05. The van der Waals surface area contributed by atoms with Gasteiger partial charge in [-0.15, -0.1) is 13.2 Å². The van der Waals surface area contributed by atoms with Gasteiger partial charge in [0.2, 0.25) is 0 Å². The quantitative estimate of drug-likeness (QED) is 0.674. The highest BCUT2D eigenvalue weighted by atomic mass is 32.2. The van der Waals surface area contributed by atoms with E-state index in [4.69, 9.17) is 0 Å². The maximum atomic E-state index is 13.6. The fourth-order valence-corrected chi connectivity index (χ4v) is 2.06. The molecule has 0 aromatic heterocycles. The van der Waals surface area contributed by atoms with E-state index >= 15 is 0 Å². The summed E-state index contributed by atoms with van der Waals surface area (Å²) in [5, 5.41) is 1.37. The van der Waals surface area contributed by atoms with Crippen molar-refractivity contribution in [2.45, 2.75) is 6.36 Å². The van der Waals surface area contributed by atoms with Crippen LogP contribution in [0.25, 0.3) is 6.08 Å². The van der Waals surface area contributed by atoms with Crippen LogP contribution in [0.4, 0.5) is 22.4 Å². The van der Waals surface area contributed by atoms with E-state index in [2.05, 4.69) is 4.74 Å². The third kappa shape index (κ3) is 3.50. The lowest BCUT2D eigenvalue weighted by Gasteiger charge is -2.09. The molecule has 0 radical (unpaired) electrons. The van der Waals surface area contributed by atoms with Crippen LogP contribution in [0.2, 0.25) is 0 Å². The van der Waals surface area contributed by atoms with Crippen molar-refractivity contribution in [2.24, 2.45) is 0 Å². The number of ether oxygens (including phenoxy) is 1. The van der Waals surface area contributed by atoms with Gasteiger partial charge in [0, 0.05) is 11.6 Å². The smallest absolute Gasteiger partial charge is 0.406 e. The number of halogens is 4. The Kier molecular flexibility index (Phi) is 3.71. The Morgan fingerprint density at radius 2 is 1.95 bits per heavy atom. The molecule has 20 heavy (non-hydrogen) atoms. The van der Waals surface area contributed by atoms with Crippen LogP contribution in [0.15, 0.2) is 23.1 Å². The first-order valence-electron chi connectivity index (χ1n) is 5.05. The first kappa shape index (κ1) is 14.4. The molecule has 0 bridgehead atoms. The molecule has 1 aromatic carbocycles. The molecule has 9 heteroatoms. The van der Waals surface area contributed by atoms with Crippen LogP contribution in [-0.2, 0) is 4.79 Å². The number of hydrogen-bond acceptors (Lipinski definition) is 4. The van der Waals surface area contributed by atoms with Gasteiger partial charge in [0.25, 0.3) is 11.1 Å². The number of amides is 2. The van der Waals surface area contributed by atoms with E-state index in [0.29, 0.717) is 17.8 Å². The van der Waals surface area contributed by atoms with E-state index in [-0.39, 0.29) is 10.5 Å². The average molecular weight is 307 g/mol. The van der Waals surface area contributed by atoms with E-state index in [1.807, 2.05) is 5.32 Å². The number of imide groups is 1. The molecule has 0 aliphatic carbocycles. The second-order valence-corrected chi connectivity index (χ2v) is 4.60. The van der Waals surface area contributed by atoms with Crippen molar-refractivity contribution in [1.82, 2.24) is 5.32 Å². The van der Waals surface area contributed by atoms with Crippen LogP contribution in [0.1, 0.15) is 5.56 Å². The third-order valence-corrected chi connectivity index (χ3v) is 2.94. The summed E-state index contributed by atoms with van der Waals surface area (Å²) in [6, 6.07) is 2.46. The molecule has 0 unspecified atom stereocenters. The molecule has 1 N–H and O–H groups in total. The van der Waals surface area contributed by atoms with Gasteiger partial charge in [-0.05, 0) is 30.0 Å². The number of benzene rings is 1. The molecule has 1 fully saturated rings. The molecule has 2 rings (SSSR count). The summed E-state index contributed by atoms with van der Waals surface area (Å²) >= 11 is 0.575. The molecule has 1 aliphatic rings. The topological polar surface area (TPSA) is 55.4 Å². The molecule has 1 aliphatic heterocycles. The molecule has 106 valence electrons. The first-order chi connectivity index (χ1) is 9.24. The average Bonchev–Trinajstić information content (AvgIpc) is 2.59. The van der Waals surface area contributed by atoms with E-state index in [1.54, 1.807) is 0 Å². The molecule has 0 atom stereocenters. The highest BCUT2D eigenvalue weighted by Gasteiger charge is 2.31. The van der Waals surface area contributed by atoms with Gasteiger partial charge < -0.3 is 4.74 Å². The van der Waals surface area contributed by atoms with Gasteiger partial charge in [0.15, 0.2) is 0 Å². The molecule has 1 heterocycles. The summed E-state index contributed by atoms with van der Waals surface area (Å²) in [5.41, 5.74) is -0.133. The fourth-order valence-electron chi connectivity index (χ4n) is 1.38. The lowest BCUT2D eigenvalue weighted by Crippen LogP contribution is -2.18. The molecule has 2 amide bonds. The largest absolute Gasteiger partial charge is 0.573 e. The molecule has 0 saturated carbocycles. The van der Waals surface area contributed by atoms with Gasteiger partial charge in [-0.2, -0.15) is 0 Å². The van der Waals surface area contributed by atoms with Crippen molar-refractivity contribution in [3.63, 3.8) is 0 Å². The lowest BCUT2D eigenvalue weighted by atomic mass is 10.2. The minimum absolute atomic E-state index is 0.0432. The van der Waals surface area contributed by atoms with Crippen molar-refractivity contribution in [3.05, 3.63) is 34.5 Å². The molecule has 1 saturated heterocycles. The van der Waals surface area contributed by atoms with Gasteiger partial charge in [-0.25, -0.2) is 4.39 Å². The minimum atomic E-state index is -4.92. The zero-order valence-electron chi connectivity index (χ0n) is 9.45. The Morgan fingerprint density at radius 1 is 1.25 bits per heavy atom. The molecular weight excluding hydrogens is 302 g/mol. The van der Waals surface area contributed by atoms with E-state index in [1.165, 1.54) is 0 Å². The summed E-state index contributed by atoms with van der Waals surface area (Å²) in [6.45, 7) is 0. The second kappa shape index (κ2) is 5.16. The number of thioether (sulfide) groups is 1. The summed E-state index contributed by atoms with van der Waals surface area (Å²) in [4.78, 5) is 22.1. The zero-order chi connectivity index (χ0) is 14.9. The fraction of sp³-hybridized carbons (Fsp3) is 0.0909. The zero-order valence-corrected chi connectivity index (χ0v) is 10.3. The van der Waals surface area contributed by atoms with Gasteiger partial charge >= 0.3 is 6.36 Å².